The van der Waals surface area contributed by atoms with E-state index in [1.54, 1.807) is 11.3 Å². The van der Waals surface area contributed by atoms with Gasteiger partial charge in [0.25, 0.3) is 0 Å². The van der Waals surface area contributed by atoms with Crippen LogP contribution in [0.1, 0.15) is 10.4 Å². The number of aliphatic hydroxyl groups excluding tert-OH is 1. The fraction of sp³-hybridized carbons (Fsp3) is 0.357. The Balaban J connectivity index is 1.86. The summed E-state index contributed by atoms with van der Waals surface area (Å²) in [5, 5.41) is 9.11. The Morgan fingerprint density at radius 2 is 2.00 bits per heavy atom. The second-order valence-electron chi connectivity index (χ2n) is 4.20. The zero-order valence-electron chi connectivity index (χ0n) is 10.3. The minimum absolute atomic E-state index is 0.202. The highest BCUT2D eigenvalue weighted by molar-refractivity contribution is 7.09. The molecule has 0 aliphatic rings. The number of aromatic nitrogens is 1. The summed E-state index contributed by atoms with van der Waals surface area (Å²) in [5.74, 6) is 0. The highest BCUT2D eigenvalue weighted by Gasteiger charge is 2.06. The largest absolute Gasteiger partial charge is 0.395 e. The lowest BCUT2D eigenvalue weighted by Crippen LogP contribution is -2.28. The molecule has 4 heteroatoms. The van der Waals surface area contributed by atoms with Crippen LogP contribution in [0.2, 0.25) is 0 Å². The van der Waals surface area contributed by atoms with Crippen LogP contribution in [-0.2, 0) is 13.0 Å². The molecule has 0 unspecified atom stereocenters. The van der Waals surface area contributed by atoms with E-state index in [1.807, 2.05) is 17.8 Å². The first-order valence-corrected chi connectivity index (χ1v) is 7.01. The predicted octanol–water partition coefficient (Wildman–Crippen LogP) is 2.18. The van der Waals surface area contributed by atoms with E-state index >= 15 is 0 Å². The predicted molar refractivity (Wildman–Crippen MR) is 74.6 cm³/mol. The van der Waals surface area contributed by atoms with Crippen LogP contribution in [0.3, 0.4) is 0 Å². The van der Waals surface area contributed by atoms with Gasteiger partial charge in [0.2, 0.25) is 0 Å². The van der Waals surface area contributed by atoms with Crippen molar-refractivity contribution in [3.05, 3.63) is 52.5 Å². The summed E-state index contributed by atoms with van der Waals surface area (Å²) in [7, 11) is 0. The molecule has 0 aliphatic heterocycles. The third-order valence-electron chi connectivity index (χ3n) is 2.84. The van der Waals surface area contributed by atoms with Crippen LogP contribution in [-0.4, -0.2) is 34.7 Å². The topological polar surface area (TPSA) is 36.4 Å². The maximum atomic E-state index is 9.11. The van der Waals surface area contributed by atoms with E-state index < -0.39 is 0 Å². The van der Waals surface area contributed by atoms with Gasteiger partial charge < -0.3 is 5.11 Å². The van der Waals surface area contributed by atoms with Gasteiger partial charge in [-0.05, 0) is 12.0 Å². The highest BCUT2D eigenvalue weighted by atomic mass is 32.1. The van der Waals surface area contributed by atoms with Crippen LogP contribution >= 0.6 is 11.3 Å². The Kier molecular flexibility index (Phi) is 5.33. The average Bonchev–Trinajstić information content (AvgIpc) is 2.90. The lowest BCUT2D eigenvalue weighted by atomic mass is 10.1. The van der Waals surface area contributed by atoms with E-state index in [0.717, 1.165) is 19.5 Å². The smallest absolute Gasteiger partial charge is 0.0794 e. The van der Waals surface area contributed by atoms with Gasteiger partial charge in [-0.2, -0.15) is 0 Å². The molecule has 0 spiro atoms. The number of benzene rings is 1. The van der Waals surface area contributed by atoms with E-state index in [0.29, 0.717) is 6.54 Å². The molecule has 0 bridgehead atoms. The van der Waals surface area contributed by atoms with Gasteiger partial charge in [0.05, 0.1) is 12.1 Å². The van der Waals surface area contributed by atoms with E-state index in [9.17, 15) is 0 Å². The number of nitrogens with zero attached hydrogens (tertiary/aromatic N) is 2. The standard InChI is InChI=1S/C14H18N2OS/c17-9-8-16(11-14-10-15-12-18-14)7-6-13-4-2-1-3-5-13/h1-5,10,12,17H,6-9,11H2. The number of rotatable bonds is 7. The molecular formula is C14H18N2OS. The van der Waals surface area contributed by atoms with Gasteiger partial charge >= 0.3 is 0 Å². The van der Waals surface area contributed by atoms with Gasteiger partial charge in [-0.25, -0.2) is 0 Å². The molecule has 0 aliphatic carbocycles. The van der Waals surface area contributed by atoms with Crippen molar-refractivity contribution in [3.63, 3.8) is 0 Å². The summed E-state index contributed by atoms with van der Waals surface area (Å²) >= 11 is 1.66. The molecule has 2 aromatic rings. The third-order valence-corrected chi connectivity index (χ3v) is 3.60. The van der Waals surface area contributed by atoms with Crippen LogP contribution in [0.15, 0.2) is 42.0 Å². The Morgan fingerprint density at radius 3 is 2.67 bits per heavy atom. The fourth-order valence-electron chi connectivity index (χ4n) is 1.88. The van der Waals surface area contributed by atoms with Crippen LogP contribution in [0.5, 0.6) is 0 Å². The molecule has 18 heavy (non-hydrogen) atoms. The molecule has 0 saturated carbocycles. The lowest BCUT2D eigenvalue weighted by molar-refractivity contribution is 0.192. The van der Waals surface area contributed by atoms with Crippen molar-refractivity contribution >= 4 is 11.3 Å². The molecule has 0 atom stereocenters. The summed E-state index contributed by atoms with van der Waals surface area (Å²) in [6, 6.07) is 10.4. The van der Waals surface area contributed by atoms with Gasteiger partial charge in [0.15, 0.2) is 0 Å². The van der Waals surface area contributed by atoms with Crippen LogP contribution in [0.25, 0.3) is 0 Å². The Hall–Kier alpha value is -1.23. The van der Waals surface area contributed by atoms with Crippen molar-refractivity contribution in [3.8, 4) is 0 Å². The molecule has 0 radical (unpaired) electrons. The van der Waals surface area contributed by atoms with Crippen molar-refractivity contribution in [2.45, 2.75) is 13.0 Å². The number of thiazole rings is 1. The molecule has 1 N–H and O–H groups in total. The van der Waals surface area contributed by atoms with Crippen LogP contribution in [0.4, 0.5) is 0 Å². The van der Waals surface area contributed by atoms with Crippen molar-refractivity contribution in [2.24, 2.45) is 0 Å². The van der Waals surface area contributed by atoms with Gasteiger partial charge in [-0.1, -0.05) is 30.3 Å². The molecule has 1 aromatic heterocycles. The Labute approximate surface area is 112 Å². The van der Waals surface area contributed by atoms with Crippen LogP contribution < -0.4 is 0 Å². The Bertz CT molecular complexity index is 430. The minimum atomic E-state index is 0.202. The van der Waals surface area contributed by atoms with Gasteiger partial charge in [-0.3, -0.25) is 9.88 Å². The molecule has 1 heterocycles. The summed E-state index contributed by atoms with van der Waals surface area (Å²) < 4.78 is 0. The molecular weight excluding hydrogens is 244 g/mol. The van der Waals surface area contributed by atoms with E-state index in [2.05, 4.69) is 34.1 Å². The second-order valence-corrected chi connectivity index (χ2v) is 5.17. The van der Waals surface area contributed by atoms with Gasteiger partial charge in [0, 0.05) is 30.7 Å². The first-order chi connectivity index (χ1) is 8.88. The van der Waals surface area contributed by atoms with E-state index in [4.69, 9.17) is 5.11 Å². The van der Waals surface area contributed by atoms with Crippen molar-refractivity contribution in [1.82, 2.24) is 9.88 Å². The lowest BCUT2D eigenvalue weighted by Gasteiger charge is -2.20. The molecule has 96 valence electrons. The van der Waals surface area contributed by atoms with E-state index in [-0.39, 0.29) is 6.61 Å². The summed E-state index contributed by atoms with van der Waals surface area (Å²) in [4.78, 5) is 7.59. The molecule has 0 saturated heterocycles. The Morgan fingerprint density at radius 1 is 1.17 bits per heavy atom. The number of hydrogen-bond donors (Lipinski definition) is 1. The summed E-state index contributed by atoms with van der Waals surface area (Å²) in [6.07, 6.45) is 2.91. The maximum Gasteiger partial charge on any atom is 0.0794 e. The minimum Gasteiger partial charge on any atom is -0.395 e. The molecule has 2 rings (SSSR count). The highest BCUT2D eigenvalue weighted by Crippen LogP contribution is 2.10. The van der Waals surface area contributed by atoms with Crippen molar-refractivity contribution in [2.75, 3.05) is 19.7 Å². The number of hydrogen-bond acceptors (Lipinski definition) is 4. The first kappa shape index (κ1) is 13.2. The normalized spacial score (nSPS) is 11.0. The zero-order chi connectivity index (χ0) is 12.6. The molecule has 0 fully saturated rings. The van der Waals surface area contributed by atoms with Crippen molar-refractivity contribution in [1.29, 1.82) is 0 Å². The fourth-order valence-corrected chi connectivity index (χ4v) is 2.52. The van der Waals surface area contributed by atoms with Gasteiger partial charge in [-0.15, -0.1) is 11.3 Å². The summed E-state index contributed by atoms with van der Waals surface area (Å²) in [6.45, 7) is 2.75. The molecule has 1 aromatic carbocycles. The van der Waals surface area contributed by atoms with Crippen LogP contribution in [0, 0.1) is 0 Å². The monoisotopic (exact) mass is 262 g/mol. The zero-order valence-corrected chi connectivity index (χ0v) is 11.1. The third kappa shape index (κ3) is 4.22. The van der Waals surface area contributed by atoms with Gasteiger partial charge in [0.1, 0.15) is 0 Å². The van der Waals surface area contributed by atoms with E-state index in [1.165, 1.54) is 10.4 Å². The second kappa shape index (κ2) is 7.26. The molecule has 3 nitrogen and oxygen atoms in total. The number of aliphatic hydroxyl groups is 1. The quantitative estimate of drug-likeness (QED) is 0.831. The van der Waals surface area contributed by atoms with Crippen molar-refractivity contribution < 1.29 is 5.11 Å². The maximum absolute atomic E-state index is 9.11. The average molecular weight is 262 g/mol. The SMILES string of the molecule is OCCN(CCc1ccccc1)Cc1cncs1. The first-order valence-electron chi connectivity index (χ1n) is 6.13. The summed E-state index contributed by atoms with van der Waals surface area (Å²) in [5.41, 5.74) is 3.19. The molecule has 0 amide bonds.